The zero-order chi connectivity index (χ0) is 18.5. The largest absolute Gasteiger partial charge is 0.396 e. The lowest BCUT2D eigenvalue weighted by molar-refractivity contribution is -0.124. The monoisotopic (exact) mass is 361 g/mol. The first-order valence-electron chi connectivity index (χ1n) is 9.80. The predicted molar refractivity (Wildman–Crippen MR) is 102 cm³/mol. The molecule has 2 aliphatic heterocycles. The Balaban J connectivity index is 1.66. The highest BCUT2D eigenvalue weighted by atomic mass is 16.3. The summed E-state index contributed by atoms with van der Waals surface area (Å²) >= 11 is 0. The van der Waals surface area contributed by atoms with E-state index in [1.54, 1.807) is 6.33 Å². The molecule has 2 fully saturated rings. The van der Waals surface area contributed by atoms with Crippen LogP contribution in [0.4, 0.5) is 11.6 Å². The first-order chi connectivity index (χ1) is 12.6. The molecule has 0 bridgehead atoms. The molecule has 7 heteroatoms. The number of carbonyl (C=O) groups is 1. The Morgan fingerprint density at radius 2 is 1.85 bits per heavy atom. The highest BCUT2D eigenvalue weighted by Crippen LogP contribution is 2.25. The summed E-state index contributed by atoms with van der Waals surface area (Å²) in [5, 5.41) is 12.6. The molecule has 26 heavy (non-hydrogen) atoms. The van der Waals surface area contributed by atoms with Crippen molar-refractivity contribution in [3.8, 4) is 0 Å². The summed E-state index contributed by atoms with van der Waals surface area (Å²) in [5.41, 5.74) is 0. The van der Waals surface area contributed by atoms with Crippen LogP contribution in [0.2, 0.25) is 0 Å². The summed E-state index contributed by atoms with van der Waals surface area (Å²) in [6.45, 7) is 7.63. The maximum Gasteiger partial charge on any atom is 0.222 e. The third-order valence-electron chi connectivity index (χ3n) is 5.36. The maximum absolute atomic E-state index is 12.0. The third kappa shape index (κ3) is 4.63. The van der Waals surface area contributed by atoms with Gasteiger partial charge in [-0.1, -0.05) is 13.8 Å². The van der Waals surface area contributed by atoms with Gasteiger partial charge in [0.1, 0.15) is 18.0 Å². The number of carbonyl (C=O) groups excluding carboxylic acids is 1. The first kappa shape index (κ1) is 18.9. The summed E-state index contributed by atoms with van der Waals surface area (Å²) < 4.78 is 0. The zero-order valence-electron chi connectivity index (χ0n) is 15.9. The first-order valence-corrected chi connectivity index (χ1v) is 9.80. The molecule has 1 amide bonds. The summed E-state index contributed by atoms with van der Waals surface area (Å²) in [7, 11) is 0. The summed E-state index contributed by atoms with van der Waals surface area (Å²) in [5.74, 6) is 2.30. The van der Waals surface area contributed by atoms with Crippen LogP contribution in [0.25, 0.3) is 0 Å². The van der Waals surface area contributed by atoms with Crippen LogP contribution in [0.5, 0.6) is 0 Å². The fraction of sp³-hybridized carbons (Fsp3) is 0.737. The van der Waals surface area contributed by atoms with E-state index in [1.165, 1.54) is 0 Å². The quantitative estimate of drug-likeness (QED) is 0.826. The third-order valence-corrected chi connectivity index (χ3v) is 5.36. The predicted octanol–water partition coefficient (Wildman–Crippen LogP) is 1.43. The molecule has 7 nitrogen and oxygen atoms in total. The number of rotatable bonds is 5. The Kier molecular flexibility index (Phi) is 6.29. The normalized spacial score (nSPS) is 24.0. The van der Waals surface area contributed by atoms with E-state index in [4.69, 9.17) is 0 Å². The molecule has 3 heterocycles. The molecular weight excluding hydrogens is 330 g/mol. The molecule has 2 saturated heterocycles. The Morgan fingerprint density at radius 3 is 2.50 bits per heavy atom. The van der Waals surface area contributed by atoms with Crippen molar-refractivity contribution in [1.82, 2.24) is 15.3 Å². The Labute approximate surface area is 155 Å². The number of piperidine rings is 2. The van der Waals surface area contributed by atoms with E-state index >= 15 is 0 Å². The van der Waals surface area contributed by atoms with Crippen molar-refractivity contribution in [1.29, 1.82) is 0 Å². The van der Waals surface area contributed by atoms with E-state index in [-0.39, 0.29) is 24.5 Å². The van der Waals surface area contributed by atoms with E-state index in [0.29, 0.717) is 5.92 Å². The van der Waals surface area contributed by atoms with Gasteiger partial charge in [-0.15, -0.1) is 0 Å². The molecule has 0 aromatic carbocycles. The van der Waals surface area contributed by atoms with Crippen molar-refractivity contribution in [2.45, 2.75) is 45.6 Å². The van der Waals surface area contributed by atoms with Crippen molar-refractivity contribution in [2.24, 2.45) is 11.8 Å². The fourth-order valence-electron chi connectivity index (χ4n) is 3.78. The lowest BCUT2D eigenvalue weighted by atomic mass is 9.99. The van der Waals surface area contributed by atoms with Crippen LogP contribution >= 0.6 is 0 Å². The standard InChI is InChI=1S/C19H31N5O2/c1-14(2)19(26)22-16-6-4-8-24(11-16)18-9-17(20-13-21-18)23-7-3-5-15(10-23)12-25/h9,13-16,25H,3-8,10-12H2,1-2H3,(H,22,26). The molecule has 3 rings (SSSR count). The molecule has 0 aliphatic carbocycles. The molecule has 2 N–H and O–H groups in total. The van der Waals surface area contributed by atoms with Crippen LogP contribution in [0.1, 0.15) is 39.5 Å². The molecule has 1 aromatic heterocycles. The highest BCUT2D eigenvalue weighted by Gasteiger charge is 2.25. The second kappa shape index (κ2) is 8.66. The molecule has 1 aromatic rings. The number of aliphatic hydroxyl groups excluding tert-OH is 1. The molecule has 2 aliphatic rings. The number of anilines is 2. The highest BCUT2D eigenvalue weighted by molar-refractivity contribution is 5.78. The van der Waals surface area contributed by atoms with Gasteiger partial charge >= 0.3 is 0 Å². The van der Waals surface area contributed by atoms with Crippen molar-refractivity contribution >= 4 is 17.5 Å². The van der Waals surface area contributed by atoms with E-state index < -0.39 is 0 Å². The molecule has 2 atom stereocenters. The SMILES string of the molecule is CC(C)C(=O)NC1CCCN(c2cc(N3CCCC(CO)C3)ncn2)C1. The van der Waals surface area contributed by atoms with Crippen molar-refractivity contribution in [2.75, 3.05) is 42.6 Å². The number of hydrogen-bond acceptors (Lipinski definition) is 6. The van der Waals surface area contributed by atoms with E-state index in [2.05, 4.69) is 25.1 Å². The number of hydrogen-bond donors (Lipinski definition) is 2. The van der Waals surface area contributed by atoms with Gasteiger partial charge in [0, 0.05) is 50.8 Å². The maximum atomic E-state index is 12.0. The molecule has 0 spiro atoms. The van der Waals surface area contributed by atoms with Gasteiger partial charge in [-0.3, -0.25) is 4.79 Å². The minimum Gasteiger partial charge on any atom is -0.396 e. The van der Waals surface area contributed by atoms with Gasteiger partial charge in [0.05, 0.1) is 0 Å². The van der Waals surface area contributed by atoms with E-state index in [0.717, 1.165) is 63.5 Å². The topological polar surface area (TPSA) is 81.6 Å². The van der Waals surface area contributed by atoms with Gasteiger partial charge in [-0.25, -0.2) is 9.97 Å². The summed E-state index contributed by atoms with van der Waals surface area (Å²) in [4.78, 5) is 25.4. The minimum absolute atomic E-state index is 0.00889. The van der Waals surface area contributed by atoms with Gasteiger partial charge in [0.2, 0.25) is 5.91 Å². The van der Waals surface area contributed by atoms with Crippen LogP contribution in [-0.2, 0) is 4.79 Å². The minimum atomic E-state index is 0.00889. The van der Waals surface area contributed by atoms with Crippen LogP contribution < -0.4 is 15.1 Å². The fourth-order valence-corrected chi connectivity index (χ4v) is 3.78. The van der Waals surface area contributed by atoms with Crippen molar-refractivity contribution in [3.63, 3.8) is 0 Å². The number of nitrogens with one attached hydrogen (secondary N) is 1. The molecule has 0 radical (unpaired) electrons. The van der Waals surface area contributed by atoms with Crippen LogP contribution in [0.3, 0.4) is 0 Å². The second-order valence-electron chi connectivity index (χ2n) is 7.82. The van der Waals surface area contributed by atoms with E-state index in [9.17, 15) is 9.90 Å². The van der Waals surface area contributed by atoms with Crippen LogP contribution in [-0.4, -0.2) is 59.8 Å². The average Bonchev–Trinajstić information content (AvgIpc) is 2.68. The van der Waals surface area contributed by atoms with Gasteiger partial charge in [-0.05, 0) is 31.6 Å². The Morgan fingerprint density at radius 1 is 1.19 bits per heavy atom. The van der Waals surface area contributed by atoms with Crippen LogP contribution in [0, 0.1) is 11.8 Å². The molecular formula is C19H31N5O2. The van der Waals surface area contributed by atoms with Crippen LogP contribution in [0.15, 0.2) is 12.4 Å². The van der Waals surface area contributed by atoms with Crippen molar-refractivity contribution < 1.29 is 9.90 Å². The lowest BCUT2D eigenvalue weighted by Gasteiger charge is -2.36. The lowest BCUT2D eigenvalue weighted by Crippen LogP contribution is -2.49. The van der Waals surface area contributed by atoms with E-state index in [1.807, 2.05) is 19.9 Å². The number of amides is 1. The summed E-state index contributed by atoms with van der Waals surface area (Å²) in [6.07, 6.45) is 5.84. The van der Waals surface area contributed by atoms with Gasteiger partial charge < -0.3 is 20.2 Å². The molecule has 144 valence electrons. The number of aliphatic hydroxyl groups is 1. The zero-order valence-corrected chi connectivity index (χ0v) is 15.9. The molecule has 0 saturated carbocycles. The average molecular weight is 361 g/mol. The Bertz CT molecular complexity index is 609. The van der Waals surface area contributed by atoms with Gasteiger partial charge in [-0.2, -0.15) is 0 Å². The Hall–Kier alpha value is -1.89. The summed E-state index contributed by atoms with van der Waals surface area (Å²) in [6, 6.07) is 2.22. The number of aromatic nitrogens is 2. The van der Waals surface area contributed by atoms with Gasteiger partial charge in [0.25, 0.3) is 0 Å². The van der Waals surface area contributed by atoms with Gasteiger partial charge in [0.15, 0.2) is 0 Å². The second-order valence-corrected chi connectivity index (χ2v) is 7.82. The number of nitrogens with zero attached hydrogens (tertiary/aromatic N) is 4. The van der Waals surface area contributed by atoms with Crippen molar-refractivity contribution in [3.05, 3.63) is 12.4 Å². The molecule has 2 unspecified atom stereocenters. The smallest absolute Gasteiger partial charge is 0.222 e.